The number of hydrogen-bond acceptors (Lipinski definition) is 1. The molecule has 1 aromatic carbocycles. The average Bonchev–Trinajstić information content (AvgIpc) is 3.11. The first kappa shape index (κ1) is 13.7. The van der Waals surface area contributed by atoms with Gasteiger partial charge in [-0.15, -0.1) is 0 Å². The third-order valence-corrected chi connectivity index (χ3v) is 4.15. The Morgan fingerprint density at radius 1 is 1.05 bits per heavy atom. The van der Waals surface area contributed by atoms with Crippen molar-refractivity contribution in [3.63, 3.8) is 0 Å². The van der Waals surface area contributed by atoms with E-state index >= 15 is 0 Å². The molecule has 2 radical (unpaired) electrons. The van der Waals surface area contributed by atoms with Crippen LogP contribution in [0.3, 0.4) is 0 Å². The van der Waals surface area contributed by atoms with Crippen molar-refractivity contribution in [2.75, 3.05) is 18.0 Å². The van der Waals surface area contributed by atoms with Gasteiger partial charge in [0.05, 0.1) is 0 Å². The van der Waals surface area contributed by atoms with Crippen molar-refractivity contribution in [3.05, 3.63) is 77.0 Å². The average molecular weight is 328 g/mol. The summed E-state index contributed by atoms with van der Waals surface area (Å²) < 4.78 is 1.14. The molecule has 0 aromatic heterocycles. The summed E-state index contributed by atoms with van der Waals surface area (Å²) in [4.78, 5) is 2.46. The van der Waals surface area contributed by atoms with Gasteiger partial charge in [0.1, 0.15) is 0 Å². The second kappa shape index (κ2) is 6.45. The fourth-order valence-electron chi connectivity index (χ4n) is 2.62. The van der Waals surface area contributed by atoms with Crippen molar-refractivity contribution in [1.82, 2.24) is 0 Å². The minimum absolute atomic E-state index is 1.00. The van der Waals surface area contributed by atoms with E-state index in [4.69, 9.17) is 0 Å². The van der Waals surface area contributed by atoms with E-state index < -0.39 is 0 Å². The zero-order valence-electron chi connectivity index (χ0n) is 11.4. The van der Waals surface area contributed by atoms with Crippen LogP contribution in [0.5, 0.6) is 0 Å². The summed E-state index contributed by atoms with van der Waals surface area (Å²) >= 11 is 3.58. The van der Waals surface area contributed by atoms with Crippen LogP contribution in [0.4, 0.5) is 5.69 Å². The Labute approximate surface area is 129 Å². The van der Waals surface area contributed by atoms with Gasteiger partial charge in [-0.25, -0.2) is 0 Å². The highest BCUT2D eigenvalue weighted by atomic mass is 79.9. The van der Waals surface area contributed by atoms with Gasteiger partial charge in [-0.2, -0.15) is 0 Å². The molecule has 3 rings (SSSR count). The highest BCUT2D eigenvalue weighted by Gasteiger charge is 2.18. The number of anilines is 1. The molecule has 0 bridgehead atoms. The van der Waals surface area contributed by atoms with Crippen molar-refractivity contribution < 1.29 is 0 Å². The second-order valence-electron chi connectivity index (χ2n) is 5.25. The number of hydrogen-bond donors (Lipinski definition) is 0. The van der Waals surface area contributed by atoms with Gasteiger partial charge < -0.3 is 4.90 Å². The SMILES string of the molecule is Brc1cccc(N(C[C]2[CH]C=CC2)CC2=CC=CC2)c1. The number of benzene rings is 1. The maximum absolute atomic E-state index is 3.58. The van der Waals surface area contributed by atoms with Crippen molar-refractivity contribution in [2.45, 2.75) is 12.8 Å². The van der Waals surface area contributed by atoms with Crippen LogP contribution < -0.4 is 4.90 Å². The molecule has 0 fully saturated rings. The molecule has 2 heteroatoms. The molecule has 0 saturated heterocycles. The fourth-order valence-corrected chi connectivity index (χ4v) is 3.01. The molecule has 1 nitrogen and oxygen atoms in total. The highest BCUT2D eigenvalue weighted by Crippen LogP contribution is 2.27. The topological polar surface area (TPSA) is 3.24 Å². The Hall–Kier alpha value is -1.28. The lowest BCUT2D eigenvalue weighted by Gasteiger charge is -2.28. The Morgan fingerprint density at radius 2 is 1.95 bits per heavy atom. The van der Waals surface area contributed by atoms with Gasteiger partial charge >= 0.3 is 0 Å². The monoisotopic (exact) mass is 327 g/mol. The summed E-state index contributed by atoms with van der Waals surface area (Å²) in [6.07, 6.45) is 15.4. The van der Waals surface area contributed by atoms with Crippen molar-refractivity contribution >= 4 is 21.6 Å². The van der Waals surface area contributed by atoms with E-state index in [2.05, 4.69) is 81.9 Å². The van der Waals surface area contributed by atoms with Gasteiger partial charge in [0.25, 0.3) is 0 Å². The summed E-state index contributed by atoms with van der Waals surface area (Å²) in [6, 6.07) is 8.58. The van der Waals surface area contributed by atoms with Crippen LogP contribution in [-0.4, -0.2) is 13.1 Å². The zero-order chi connectivity index (χ0) is 13.8. The largest absolute Gasteiger partial charge is 0.367 e. The Bertz CT molecular complexity index is 548. The van der Waals surface area contributed by atoms with Crippen LogP contribution in [0.15, 0.2) is 64.7 Å². The summed E-state index contributed by atoms with van der Waals surface area (Å²) in [6.45, 7) is 2.00. The lowest BCUT2D eigenvalue weighted by Crippen LogP contribution is -2.30. The number of allylic oxidation sites excluding steroid dienone is 5. The maximum Gasteiger partial charge on any atom is 0.0395 e. The van der Waals surface area contributed by atoms with E-state index in [0.717, 1.165) is 30.4 Å². The van der Waals surface area contributed by atoms with Crippen molar-refractivity contribution in [3.8, 4) is 0 Å². The van der Waals surface area contributed by atoms with Crippen LogP contribution in [0, 0.1) is 12.3 Å². The van der Waals surface area contributed by atoms with Gasteiger partial charge in [0, 0.05) is 29.2 Å². The molecule has 0 spiro atoms. The van der Waals surface area contributed by atoms with Gasteiger partial charge in [0.2, 0.25) is 0 Å². The van der Waals surface area contributed by atoms with Crippen molar-refractivity contribution in [1.29, 1.82) is 0 Å². The van der Waals surface area contributed by atoms with E-state index in [9.17, 15) is 0 Å². The molecule has 0 saturated carbocycles. The zero-order valence-corrected chi connectivity index (χ0v) is 13.0. The minimum Gasteiger partial charge on any atom is -0.367 e. The third kappa shape index (κ3) is 3.43. The molecule has 1 aromatic rings. The van der Waals surface area contributed by atoms with Crippen LogP contribution in [0.1, 0.15) is 12.8 Å². The molecular formula is C18H18BrN. The Morgan fingerprint density at radius 3 is 2.65 bits per heavy atom. The summed E-state index contributed by atoms with van der Waals surface area (Å²) in [5, 5.41) is 0. The Kier molecular flexibility index (Phi) is 4.41. The molecule has 2 aliphatic carbocycles. The number of nitrogens with zero attached hydrogens (tertiary/aromatic N) is 1. The molecule has 0 aliphatic heterocycles. The molecule has 20 heavy (non-hydrogen) atoms. The predicted octanol–water partition coefficient (Wildman–Crippen LogP) is 4.88. The maximum atomic E-state index is 3.58. The first-order valence-corrected chi connectivity index (χ1v) is 7.80. The van der Waals surface area contributed by atoms with Crippen molar-refractivity contribution in [2.24, 2.45) is 0 Å². The molecule has 2 aliphatic rings. The van der Waals surface area contributed by atoms with Gasteiger partial charge in [-0.05, 0) is 43.0 Å². The fraction of sp³-hybridized carbons (Fsp3) is 0.222. The minimum atomic E-state index is 1.00. The molecular weight excluding hydrogens is 310 g/mol. The lowest BCUT2D eigenvalue weighted by molar-refractivity contribution is 0.818. The van der Waals surface area contributed by atoms with E-state index in [-0.39, 0.29) is 0 Å². The molecule has 0 amide bonds. The molecule has 0 atom stereocenters. The quantitative estimate of drug-likeness (QED) is 0.744. The summed E-state index contributed by atoms with van der Waals surface area (Å²) in [5.74, 6) is 1.48. The Balaban J connectivity index is 1.74. The van der Waals surface area contributed by atoms with E-state index in [1.165, 1.54) is 17.2 Å². The van der Waals surface area contributed by atoms with E-state index in [0.29, 0.717) is 0 Å². The molecule has 102 valence electrons. The van der Waals surface area contributed by atoms with Crippen LogP contribution in [-0.2, 0) is 0 Å². The standard InChI is InChI=1S/C18H18BrN/c19-17-10-5-11-18(12-17)20(13-15-6-1-2-7-15)14-16-8-3-4-9-16/h1-6,8,10-12H,7,9,13-14H2. The summed E-state index contributed by atoms with van der Waals surface area (Å²) in [5.41, 5.74) is 2.76. The number of halogens is 1. The third-order valence-electron chi connectivity index (χ3n) is 3.66. The smallest absolute Gasteiger partial charge is 0.0395 e. The predicted molar refractivity (Wildman–Crippen MR) is 89.5 cm³/mol. The normalized spacial score (nSPS) is 17.8. The second-order valence-corrected chi connectivity index (χ2v) is 6.17. The van der Waals surface area contributed by atoms with Crippen LogP contribution in [0.25, 0.3) is 0 Å². The first-order chi connectivity index (χ1) is 9.81. The van der Waals surface area contributed by atoms with Gasteiger partial charge in [-0.1, -0.05) is 52.4 Å². The molecule has 0 N–H and O–H groups in total. The van der Waals surface area contributed by atoms with Gasteiger partial charge in [-0.3, -0.25) is 0 Å². The van der Waals surface area contributed by atoms with Gasteiger partial charge in [0.15, 0.2) is 0 Å². The van der Waals surface area contributed by atoms with Crippen LogP contribution in [0.2, 0.25) is 0 Å². The lowest BCUT2D eigenvalue weighted by atomic mass is 10.1. The molecule has 0 heterocycles. The van der Waals surface area contributed by atoms with Crippen LogP contribution >= 0.6 is 15.9 Å². The summed E-state index contributed by atoms with van der Waals surface area (Å²) in [7, 11) is 0. The number of rotatable bonds is 5. The van der Waals surface area contributed by atoms with E-state index in [1.807, 2.05) is 0 Å². The first-order valence-electron chi connectivity index (χ1n) is 7.01. The van der Waals surface area contributed by atoms with E-state index in [1.54, 1.807) is 0 Å². The molecule has 0 unspecified atom stereocenters. The highest BCUT2D eigenvalue weighted by molar-refractivity contribution is 9.10.